The van der Waals surface area contributed by atoms with Crippen LogP contribution in [0.5, 0.6) is 0 Å². The number of carbonyl (C=O) groups is 1. The molecule has 3 nitrogen and oxygen atoms in total. The molecule has 0 aliphatic heterocycles. The SMILES string of the molecule is CC1CCCC(NC(=O)C2(C(N)=S)CC(C)C2)C1. The molecular weight excluding hydrogens is 244 g/mol. The molecule has 0 aromatic carbocycles. The Balaban J connectivity index is 1.96. The highest BCUT2D eigenvalue weighted by Crippen LogP contribution is 2.46. The first-order valence-corrected chi connectivity index (χ1v) is 7.46. The van der Waals surface area contributed by atoms with Gasteiger partial charge in [-0.15, -0.1) is 0 Å². The molecule has 4 heteroatoms. The van der Waals surface area contributed by atoms with Crippen LogP contribution in [-0.4, -0.2) is 16.9 Å². The molecule has 0 saturated heterocycles. The van der Waals surface area contributed by atoms with E-state index in [0.717, 1.165) is 25.7 Å². The first-order valence-electron chi connectivity index (χ1n) is 7.05. The summed E-state index contributed by atoms with van der Waals surface area (Å²) in [4.78, 5) is 12.8. The van der Waals surface area contributed by atoms with E-state index >= 15 is 0 Å². The normalized spacial score (nSPS) is 39.8. The number of nitrogens with two attached hydrogens (primary N) is 1. The summed E-state index contributed by atoms with van der Waals surface area (Å²) in [6, 6.07) is 0.323. The molecule has 2 atom stereocenters. The molecule has 3 N–H and O–H groups in total. The second-order valence-electron chi connectivity index (χ2n) is 6.40. The minimum Gasteiger partial charge on any atom is -0.392 e. The zero-order valence-electron chi connectivity index (χ0n) is 11.4. The Labute approximate surface area is 115 Å². The van der Waals surface area contributed by atoms with Gasteiger partial charge in [0.25, 0.3) is 0 Å². The lowest BCUT2D eigenvalue weighted by atomic mass is 9.61. The van der Waals surface area contributed by atoms with Gasteiger partial charge in [0.15, 0.2) is 0 Å². The summed E-state index contributed by atoms with van der Waals surface area (Å²) in [5, 5.41) is 3.19. The standard InChI is InChI=1S/C14H24N2OS/c1-9-4-3-5-11(6-9)16-13(17)14(12(15)18)7-10(2)8-14/h9-11H,3-8H2,1-2H3,(H2,15,18)(H,16,17). The minimum atomic E-state index is -0.546. The van der Waals surface area contributed by atoms with Gasteiger partial charge in [0.1, 0.15) is 0 Å². The van der Waals surface area contributed by atoms with Crippen LogP contribution in [-0.2, 0) is 4.79 Å². The average molecular weight is 268 g/mol. The van der Waals surface area contributed by atoms with Crippen LogP contribution in [0.3, 0.4) is 0 Å². The zero-order chi connectivity index (χ0) is 13.3. The molecule has 2 fully saturated rings. The van der Waals surface area contributed by atoms with E-state index in [-0.39, 0.29) is 5.91 Å². The molecule has 18 heavy (non-hydrogen) atoms. The van der Waals surface area contributed by atoms with E-state index < -0.39 is 5.41 Å². The highest BCUT2D eigenvalue weighted by Gasteiger charge is 2.51. The van der Waals surface area contributed by atoms with E-state index in [2.05, 4.69) is 19.2 Å². The lowest BCUT2D eigenvalue weighted by Gasteiger charge is -2.45. The van der Waals surface area contributed by atoms with Crippen molar-refractivity contribution < 1.29 is 4.79 Å². The summed E-state index contributed by atoms with van der Waals surface area (Å²) in [6.45, 7) is 4.40. The quantitative estimate of drug-likeness (QED) is 0.773. The predicted molar refractivity (Wildman–Crippen MR) is 77.2 cm³/mol. The van der Waals surface area contributed by atoms with Gasteiger partial charge in [-0.25, -0.2) is 0 Å². The third-order valence-corrected chi connectivity index (χ3v) is 4.96. The Bertz CT molecular complexity index is 350. The van der Waals surface area contributed by atoms with Gasteiger partial charge in [0, 0.05) is 6.04 Å². The van der Waals surface area contributed by atoms with E-state index in [9.17, 15) is 4.79 Å². The molecular formula is C14H24N2OS. The van der Waals surface area contributed by atoms with Gasteiger partial charge in [-0.05, 0) is 37.5 Å². The maximum Gasteiger partial charge on any atom is 0.233 e. The molecule has 0 spiro atoms. The van der Waals surface area contributed by atoms with Crippen molar-refractivity contribution in [3.63, 3.8) is 0 Å². The van der Waals surface area contributed by atoms with Crippen LogP contribution in [0.2, 0.25) is 0 Å². The van der Waals surface area contributed by atoms with Crippen LogP contribution in [0.4, 0.5) is 0 Å². The van der Waals surface area contributed by atoms with Crippen LogP contribution in [0, 0.1) is 17.3 Å². The molecule has 2 rings (SSSR count). The topological polar surface area (TPSA) is 55.1 Å². The highest BCUT2D eigenvalue weighted by atomic mass is 32.1. The third-order valence-electron chi connectivity index (χ3n) is 4.57. The summed E-state index contributed by atoms with van der Waals surface area (Å²) in [7, 11) is 0. The van der Waals surface area contributed by atoms with E-state index in [1.165, 1.54) is 12.8 Å². The molecule has 102 valence electrons. The van der Waals surface area contributed by atoms with Gasteiger partial charge in [-0.2, -0.15) is 0 Å². The van der Waals surface area contributed by atoms with Gasteiger partial charge < -0.3 is 11.1 Å². The minimum absolute atomic E-state index is 0.0761. The summed E-state index contributed by atoms with van der Waals surface area (Å²) in [6.07, 6.45) is 6.31. The number of thiocarbonyl (C=S) groups is 1. The summed E-state index contributed by atoms with van der Waals surface area (Å²) >= 11 is 5.12. The maximum absolute atomic E-state index is 12.4. The Morgan fingerprint density at radius 1 is 1.28 bits per heavy atom. The van der Waals surface area contributed by atoms with Crippen LogP contribution in [0.15, 0.2) is 0 Å². The molecule has 2 aliphatic carbocycles. The van der Waals surface area contributed by atoms with Gasteiger partial charge in [-0.3, -0.25) is 4.79 Å². The lowest BCUT2D eigenvalue weighted by molar-refractivity contribution is -0.133. The summed E-state index contributed by atoms with van der Waals surface area (Å²) in [5.74, 6) is 1.35. The molecule has 0 heterocycles. The van der Waals surface area contributed by atoms with E-state index in [1.807, 2.05) is 0 Å². The van der Waals surface area contributed by atoms with Crippen molar-refractivity contribution in [3.8, 4) is 0 Å². The van der Waals surface area contributed by atoms with Gasteiger partial charge in [0.05, 0.1) is 10.4 Å². The van der Waals surface area contributed by atoms with E-state index in [1.54, 1.807) is 0 Å². The number of hydrogen-bond donors (Lipinski definition) is 2. The van der Waals surface area contributed by atoms with E-state index in [4.69, 9.17) is 18.0 Å². The fourth-order valence-electron chi connectivity index (χ4n) is 3.52. The van der Waals surface area contributed by atoms with Gasteiger partial charge in [0.2, 0.25) is 5.91 Å². The molecule has 2 saturated carbocycles. The van der Waals surface area contributed by atoms with Crippen molar-refractivity contribution in [2.45, 2.75) is 58.4 Å². The molecule has 0 aromatic heterocycles. The van der Waals surface area contributed by atoms with Crippen LogP contribution in [0.25, 0.3) is 0 Å². The van der Waals surface area contributed by atoms with Gasteiger partial charge in [-0.1, -0.05) is 38.9 Å². The summed E-state index contributed by atoms with van der Waals surface area (Å²) in [5.41, 5.74) is 5.25. The largest absolute Gasteiger partial charge is 0.392 e. The first-order chi connectivity index (χ1) is 8.44. The average Bonchev–Trinajstić information content (AvgIpc) is 2.23. The third kappa shape index (κ3) is 2.53. The number of nitrogens with one attached hydrogen (secondary N) is 1. The van der Waals surface area contributed by atoms with Gasteiger partial charge >= 0.3 is 0 Å². The fourth-order valence-corrected chi connectivity index (χ4v) is 3.78. The van der Waals surface area contributed by atoms with Crippen molar-refractivity contribution in [1.82, 2.24) is 5.32 Å². The molecule has 0 aromatic rings. The highest BCUT2D eigenvalue weighted by molar-refractivity contribution is 7.80. The molecule has 0 bridgehead atoms. The summed E-state index contributed by atoms with van der Waals surface area (Å²) < 4.78 is 0. The van der Waals surface area contributed by atoms with Crippen LogP contribution in [0.1, 0.15) is 52.4 Å². The van der Waals surface area contributed by atoms with Crippen LogP contribution < -0.4 is 11.1 Å². The van der Waals surface area contributed by atoms with Crippen molar-refractivity contribution in [2.24, 2.45) is 23.0 Å². The smallest absolute Gasteiger partial charge is 0.233 e. The first kappa shape index (κ1) is 13.8. The Hall–Kier alpha value is -0.640. The maximum atomic E-state index is 12.4. The molecule has 1 amide bonds. The van der Waals surface area contributed by atoms with E-state index in [0.29, 0.717) is 22.9 Å². The Morgan fingerprint density at radius 2 is 1.94 bits per heavy atom. The number of amides is 1. The molecule has 2 unspecified atom stereocenters. The fraction of sp³-hybridized carbons (Fsp3) is 0.857. The van der Waals surface area contributed by atoms with Crippen molar-refractivity contribution in [3.05, 3.63) is 0 Å². The zero-order valence-corrected chi connectivity index (χ0v) is 12.2. The second kappa shape index (κ2) is 5.16. The number of rotatable bonds is 3. The second-order valence-corrected chi connectivity index (χ2v) is 6.84. The van der Waals surface area contributed by atoms with Crippen molar-refractivity contribution in [2.75, 3.05) is 0 Å². The van der Waals surface area contributed by atoms with Crippen molar-refractivity contribution in [1.29, 1.82) is 0 Å². The monoisotopic (exact) mass is 268 g/mol. The predicted octanol–water partition coefficient (Wildman–Crippen LogP) is 2.38. The molecule has 2 aliphatic rings. The Kier molecular flexibility index (Phi) is 3.95. The number of hydrogen-bond acceptors (Lipinski definition) is 2. The molecule has 0 radical (unpaired) electrons. The lowest BCUT2D eigenvalue weighted by Crippen LogP contribution is -2.58. The van der Waals surface area contributed by atoms with Crippen molar-refractivity contribution >= 4 is 23.1 Å². The van der Waals surface area contributed by atoms with Crippen LogP contribution >= 0.6 is 12.2 Å². The number of carbonyl (C=O) groups excluding carboxylic acids is 1. The Morgan fingerprint density at radius 3 is 2.44 bits per heavy atom.